The van der Waals surface area contributed by atoms with Crippen LogP contribution in [0.2, 0.25) is 0 Å². The summed E-state index contributed by atoms with van der Waals surface area (Å²) < 4.78 is 2.07. The number of hydrogen-bond acceptors (Lipinski definition) is 3. The average molecular weight is 304 g/mol. The average Bonchev–Trinajstić information content (AvgIpc) is 2.75. The maximum Gasteiger partial charge on any atom is 0.224 e. The van der Waals surface area contributed by atoms with E-state index >= 15 is 0 Å². The molecule has 2 fully saturated rings. The molecule has 2 saturated carbocycles. The zero-order valence-corrected chi connectivity index (χ0v) is 14.1. The lowest BCUT2D eigenvalue weighted by Gasteiger charge is -2.37. The molecular weight excluding hydrogens is 276 g/mol. The van der Waals surface area contributed by atoms with E-state index in [2.05, 4.69) is 33.9 Å². The minimum atomic E-state index is 0.110. The SMILES string of the molecule is Cn1c(CNC(=O)C2CCCCC2(C)C)nnc1C1CCC1. The number of amides is 1. The molecule has 5 nitrogen and oxygen atoms in total. The van der Waals surface area contributed by atoms with E-state index < -0.39 is 0 Å². The number of rotatable bonds is 4. The Morgan fingerprint density at radius 1 is 1.23 bits per heavy atom. The summed E-state index contributed by atoms with van der Waals surface area (Å²) in [5.41, 5.74) is 0.110. The molecule has 1 aromatic heterocycles. The largest absolute Gasteiger partial charge is 0.349 e. The monoisotopic (exact) mass is 304 g/mol. The van der Waals surface area contributed by atoms with E-state index in [1.54, 1.807) is 0 Å². The van der Waals surface area contributed by atoms with Crippen LogP contribution in [-0.4, -0.2) is 20.7 Å². The number of carbonyl (C=O) groups excluding carboxylic acids is 1. The quantitative estimate of drug-likeness (QED) is 0.930. The van der Waals surface area contributed by atoms with Crippen molar-refractivity contribution < 1.29 is 4.79 Å². The predicted octanol–water partition coefficient (Wildman–Crippen LogP) is 2.92. The van der Waals surface area contributed by atoms with Gasteiger partial charge >= 0.3 is 0 Å². The van der Waals surface area contributed by atoms with E-state index in [-0.39, 0.29) is 17.2 Å². The Balaban J connectivity index is 1.60. The summed E-state index contributed by atoms with van der Waals surface area (Å²) in [4.78, 5) is 12.5. The molecular formula is C17H28N4O. The second-order valence-corrected chi connectivity index (χ2v) is 7.67. The molecule has 0 aromatic carbocycles. The first-order valence-electron chi connectivity index (χ1n) is 8.65. The molecule has 1 atom stereocenters. The molecule has 2 aliphatic carbocycles. The fraction of sp³-hybridized carbons (Fsp3) is 0.824. The molecule has 2 aliphatic rings. The van der Waals surface area contributed by atoms with Crippen LogP contribution in [0.3, 0.4) is 0 Å². The highest BCUT2D eigenvalue weighted by Gasteiger charge is 2.37. The Morgan fingerprint density at radius 2 is 2.00 bits per heavy atom. The van der Waals surface area contributed by atoms with Crippen LogP contribution in [-0.2, 0) is 18.4 Å². The highest BCUT2D eigenvalue weighted by Crippen LogP contribution is 2.40. The van der Waals surface area contributed by atoms with Gasteiger partial charge in [-0.3, -0.25) is 4.79 Å². The Morgan fingerprint density at radius 3 is 2.64 bits per heavy atom. The van der Waals surface area contributed by atoms with Gasteiger partial charge in [-0.05, 0) is 31.1 Å². The van der Waals surface area contributed by atoms with Gasteiger partial charge in [-0.1, -0.05) is 33.1 Å². The van der Waals surface area contributed by atoms with Gasteiger partial charge in [0.05, 0.1) is 6.54 Å². The van der Waals surface area contributed by atoms with Gasteiger partial charge in [-0.25, -0.2) is 0 Å². The summed E-state index contributed by atoms with van der Waals surface area (Å²) in [7, 11) is 2.01. The van der Waals surface area contributed by atoms with Gasteiger partial charge in [0.2, 0.25) is 5.91 Å². The molecule has 0 spiro atoms. The van der Waals surface area contributed by atoms with Crippen molar-refractivity contribution in [3.8, 4) is 0 Å². The molecule has 1 N–H and O–H groups in total. The maximum atomic E-state index is 12.5. The second kappa shape index (κ2) is 6.01. The third-order valence-electron chi connectivity index (χ3n) is 5.71. The highest BCUT2D eigenvalue weighted by atomic mass is 16.1. The molecule has 0 aliphatic heterocycles. The van der Waals surface area contributed by atoms with E-state index in [0.717, 1.165) is 30.9 Å². The van der Waals surface area contributed by atoms with Crippen molar-refractivity contribution in [2.24, 2.45) is 18.4 Å². The van der Waals surface area contributed by atoms with Crippen LogP contribution >= 0.6 is 0 Å². The molecule has 0 saturated heterocycles. The van der Waals surface area contributed by atoms with Crippen molar-refractivity contribution in [3.63, 3.8) is 0 Å². The van der Waals surface area contributed by atoms with Gasteiger partial charge in [0.25, 0.3) is 0 Å². The van der Waals surface area contributed by atoms with E-state index in [9.17, 15) is 4.79 Å². The Kier molecular flexibility index (Phi) is 4.24. The minimum Gasteiger partial charge on any atom is -0.349 e. The molecule has 122 valence electrons. The van der Waals surface area contributed by atoms with Crippen molar-refractivity contribution in [2.45, 2.75) is 71.3 Å². The summed E-state index contributed by atoms with van der Waals surface area (Å²) >= 11 is 0. The molecule has 1 unspecified atom stereocenters. The normalized spacial score (nSPS) is 24.8. The molecule has 1 aromatic rings. The zero-order valence-electron chi connectivity index (χ0n) is 14.1. The van der Waals surface area contributed by atoms with Crippen molar-refractivity contribution in [1.29, 1.82) is 0 Å². The van der Waals surface area contributed by atoms with Gasteiger partial charge in [-0.2, -0.15) is 0 Å². The molecule has 0 radical (unpaired) electrons. The van der Waals surface area contributed by atoms with E-state index in [1.807, 2.05) is 7.05 Å². The Bertz CT molecular complexity index is 545. The topological polar surface area (TPSA) is 59.8 Å². The Hall–Kier alpha value is -1.39. The van der Waals surface area contributed by atoms with Crippen LogP contribution in [0.15, 0.2) is 0 Å². The lowest BCUT2D eigenvalue weighted by atomic mass is 9.68. The fourth-order valence-electron chi connectivity index (χ4n) is 3.82. The summed E-state index contributed by atoms with van der Waals surface area (Å²) in [5.74, 6) is 2.81. The summed E-state index contributed by atoms with van der Waals surface area (Å²) in [6.07, 6.45) is 8.28. The van der Waals surface area contributed by atoms with Gasteiger partial charge in [0, 0.05) is 18.9 Å². The number of aromatic nitrogens is 3. The highest BCUT2D eigenvalue weighted by molar-refractivity contribution is 5.79. The second-order valence-electron chi connectivity index (χ2n) is 7.67. The number of hydrogen-bond donors (Lipinski definition) is 1. The van der Waals surface area contributed by atoms with E-state index in [4.69, 9.17) is 0 Å². The third-order valence-corrected chi connectivity index (χ3v) is 5.71. The van der Waals surface area contributed by atoms with Gasteiger partial charge < -0.3 is 9.88 Å². The van der Waals surface area contributed by atoms with E-state index in [0.29, 0.717) is 12.5 Å². The first-order valence-corrected chi connectivity index (χ1v) is 8.65. The van der Waals surface area contributed by atoms with Gasteiger partial charge in [-0.15, -0.1) is 10.2 Å². The van der Waals surface area contributed by atoms with Crippen LogP contribution in [0.4, 0.5) is 0 Å². The Labute approximate surface area is 132 Å². The van der Waals surface area contributed by atoms with Crippen LogP contribution in [0.1, 0.15) is 76.4 Å². The van der Waals surface area contributed by atoms with E-state index in [1.165, 1.54) is 25.7 Å². The van der Waals surface area contributed by atoms with Crippen molar-refractivity contribution in [1.82, 2.24) is 20.1 Å². The minimum absolute atomic E-state index is 0.110. The number of nitrogens with zero attached hydrogens (tertiary/aromatic N) is 3. The molecule has 5 heteroatoms. The van der Waals surface area contributed by atoms with Crippen LogP contribution in [0, 0.1) is 11.3 Å². The molecule has 0 bridgehead atoms. The first-order chi connectivity index (χ1) is 10.5. The zero-order chi connectivity index (χ0) is 15.7. The summed E-state index contributed by atoms with van der Waals surface area (Å²) in [6, 6.07) is 0. The van der Waals surface area contributed by atoms with Crippen molar-refractivity contribution in [2.75, 3.05) is 0 Å². The van der Waals surface area contributed by atoms with Gasteiger partial charge in [0.15, 0.2) is 5.82 Å². The predicted molar refractivity (Wildman–Crippen MR) is 85.2 cm³/mol. The summed E-state index contributed by atoms with van der Waals surface area (Å²) in [5, 5.41) is 11.7. The number of carbonyl (C=O) groups is 1. The van der Waals surface area contributed by atoms with Gasteiger partial charge in [0.1, 0.15) is 5.82 Å². The van der Waals surface area contributed by atoms with Crippen LogP contribution in [0.25, 0.3) is 0 Å². The third kappa shape index (κ3) is 2.90. The van der Waals surface area contributed by atoms with Crippen molar-refractivity contribution in [3.05, 3.63) is 11.6 Å². The number of nitrogens with one attached hydrogen (secondary N) is 1. The fourth-order valence-corrected chi connectivity index (χ4v) is 3.82. The van der Waals surface area contributed by atoms with Crippen LogP contribution < -0.4 is 5.32 Å². The summed E-state index contributed by atoms with van der Waals surface area (Å²) in [6.45, 7) is 4.92. The lowest BCUT2D eigenvalue weighted by Crippen LogP contribution is -2.41. The molecule has 22 heavy (non-hydrogen) atoms. The smallest absolute Gasteiger partial charge is 0.224 e. The molecule has 3 rings (SSSR count). The van der Waals surface area contributed by atoms with Crippen molar-refractivity contribution >= 4 is 5.91 Å². The lowest BCUT2D eigenvalue weighted by molar-refractivity contribution is -0.130. The molecule has 1 amide bonds. The standard InChI is InChI=1S/C17H28N4O/c1-17(2)10-5-4-9-13(17)16(22)18-11-14-19-20-15(21(14)3)12-7-6-8-12/h12-13H,4-11H2,1-3H3,(H,18,22). The van der Waals surface area contributed by atoms with Crippen LogP contribution in [0.5, 0.6) is 0 Å². The first kappa shape index (κ1) is 15.5. The molecule has 1 heterocycles. The maximum absolute atomic E-state index is 12.5.